The van der Waals surface area contributed by atoms with Gasteiger partial charge in [0.2, 0.25) is 10.0 Å². The summed E-state index contributed by atoms with van der Waals surface area (Å²) in [6.45, 7) is -0.00237. The molecule has 2 rings (SSSR count). The molecule has 0 bridgehead atoms. The van der Waals surface area contributed by atoms with Crippen LogP contribution < -0.4 is 4.72 Å². The molecule has 0 aromatic heterocycles. The molecule has 0 unspecified atom stereocenters. The molecule has 0 saturated heterocycles. The largest absolute Gasteiger partial charge is 0.240 e. The van der Waals surface area contributed by atoms with Gasteiger partial charge < -0.3 is 0 Å². The van der Waals surface area contributed by atoms with Gasteiger partial charge in [-0.05, 0) is 35.9 Å². The molecule has 3 nitrogen and oxygen atoms in total. The monoisotopic (exact) mass is 317 g/mol. The van der Waals surface area contributed by atoms with E-state index in [-0.39, 0.29) is 16.5 Å². The van der Waals surface area contributed by atoms with Crippen molar-refractivity contribution in [1.29, 1.82) is 0 Å². The molecular weight excluding hydrogens is 308 g/mol. The van der Waals surface area contributed by atoms with Gasteiger partial charge in [0.15, 0.2) is 0 Å². The number of hydrogen-bond acceptors (Lipinski definition) is 2. The lowest BCUT2D eigenvalue weighted by Gasteiger charge is -2.07. The zero-order chi connectivity index (χ0) is 14.8. The number of sulfonamides is 1. The van der Waals surface area contributed by atoms with E-state index in [1.807, 2.05) is 0 Å². The first kappa shape index (κ1) is 14.9. The maximum Gasteiger partial charge on any atom is 0.240 e. The molecule has 2 aromatic carbocycles. The van der Waals surface area contributed by atoms with Crippen molar-refractivity contribution in [3.8, 4) is 0 Å². The fourth-order valence-corrected chi connectivity index (χ4v) is 2.80. The minimum atomic E-state index is -3.80. The summed E-state index contributed by atoms with van der Waals surface area (Å²) in [6.07, 6.45) is 0. The molecule has 0 aliphatic rings. The van der Waals surface area contributed by atoms with E-state index < -0.39 is 21.7 Å². The van der Waals surface area contributed by atoms with Gasteiger partial charge in [-0.25, -0.2) is 21.9 Å². The summed E-state index contributed by atoms with van der Waals surface area (Å²) in [6, 6.07) is 8.54. The topological polar surface area (TPSA) is 46.2 Å². The van der Waals surface area contributed by atoms with E-state index in [1.54, 1.807) is 0 Å². The molecule has 0 aliphatic carbocycles. The van der Waals surface area contributed by atoms with Gasteiger partial charge >= 0.3 is 0 Å². The Labute approximate surface area is 120 Å². The van der Waals surface area contributed by atoms with E-state index in [0.29, 0.717) is 5.56 Å². The third-order valence-corrected chi connectivity index (χ3v) is 4.27. The second-order valence-corrected chi connectivity index (χ2v) is 6.20. The molecule has 2 aromatic rings. The molecule has 0 spiro atoms. The quantitative estimate of drug-likeness (QED) is 0.942. The Hall–Kier alpha value is -1.50. The van der Waals surface area contributed by atoms with Crippen molar-refractivity contribution in [2.24, 2.45) is 0 Å². The highest BCUT2D eigenvalue weighted by Crippen LogP contribution is 2.19. The number of benzene rings is 2. The third-order valence-electron chi connectivity index (χ3n) is 2.58. The van der Waals surface area contributed by atoms with Gasteiger partial charge in [0, 0.05) is 6.54 Å². The Morgan fingerprint density at radius 1 is 1.05 bits per heavy atom. The number of nitrogens with one attached hydrogen (secondary N) is 1. The Morgan fingerprint density at radius 2 is 1.70 bits per heavy atom. The summed E-state index contributed by atoms with van der Waals surface area (Å²) < 4.78 is 52.0. The van der Waals surface area contributed by atoms with Gasteiger partial charge in [-0.15, -0.1) is 0 Å². The highest BCUT2D eigenvalue weighted by Gasteiger charge is 2.15. The van der Waals surface area contributed by atoms with Crippen LogP contribution >= 0.6 is 11.6 Å². The van der Waals surface area contributed by atoms with Crippen LogP contribution in [0.15, 0.2) is 47.4 Å². The summed E-state index contributed by atoms with van der Waals surface area (Å²) in [5, 5.41) is -0.269. The van der Waals surface area contributed by atoms with E-state index >= 15 is 0 Å². The first-order valence-corrected chi connectivity index (χ1v) is 7.44. The van der Waals surface area contributed by atoms with Crippen LogP contribution in [0.25, 0.3) is 0 Å². The molecule has 0 amide bonds. The molecule has 1 N–H and O–H groups in total. The molecule has 106 valence electrons. The van der Waals surface area contributed by atoms with Crippen molar-refractivity contribution in [2.45, 2.75) is 11.4 Å². The van der Waals surface area contributed by atoms with Gasteiger partial charge in [0.1, 0.15) is 11.6 Å². The second kappa shape index (κ2) is 5.87. The number of rotatable bonds is 4. The average molecular weight is 318 g/mol. The van der Waals surface area contributed by atoms with E-state index in [4.69, 9.17) is 11.6 Å². The second-order valence-electron chi connectivity index (χ2n) is 4.03. The smallest absolute Gasteiger partial charge is 0.207 e. The summed E-state index contributed by atoms with van der Waals surface area (Å²) >= 11 is 5.55. The predicted octanol–water partition coefficient (Wildman–Crippen LogP) is 3.10. The number of hydrogen-bond donors (Lipinski definition) is 1. The van der Waals surface area contributed by atoms with Crippen molar-refractivity contribution in [3.05, 3.63) is 64.7 Å². The average Bonchev–Trinajstić information content (AvgIpc) is 2.41. The Morgan fingerprint density at radius 3 is 2.30 bits per heavy atom. The Balaban J connectivity index is 2.14. The Bertz CT molecular complexity index is 718. The van der Waals surface area contributed by atoms with Gasteiger partial charge in [-0.3, -0.25) is 0 Å². The van der Waals surface area contributed by atoms with Crippen LogP contribution in [0.3, 0.4) is 0 Å². The predicted molar refractivity (Wildman–Crippen MR) is 71.8 cm³/mol. The van der Waals surface area contributed by atoms with Crippen LogP contribution in [0, 0.1) is 11.6 Å². The van der Waals surface area contributed by atoms with Gasteiger partial charge in [0.25, 0.3) is 0 Å². The normalized spacial score (nSPS) is 11.6. The minimum absolute atomic E-state index is 0.00237. The van der Waals surface area contributed by atoms with Crippen LogP contribution in [-0.2, 0) is 16.6 Å². The molecule has 20 heavy (non-hydrogen) atoms. The zero-order valence-corrected chi connectivity index (χ0v) is 11.7. The molecule has 0 heterocycles. The first-order chi connectivity index (χ1) is 9.38. The maximum atomic E-state index is 13.0. The van der Waals surface area contributed by atoms with Crippen molar-refractivity contribution in [1.82, 2.24) is 4.72 Å². The van der Waals surface area contributed by atoms with Crippen LogP contribution in [0.1, 0.15) is 5.56 Å². The summed E-state index contributed by atoms with van der Waals surface area (Å²) in [7, 11) is -3.80. The lowest BCUT2D eigenvalue weighted by atomic mass is 10.2. The summed E-state index contributed by atoms with van der Waals surface area (Å²) in [4.78, 5) is -0.133. The van der Waals surface area contributed by atoms with E-state index in [1.165, 1.54) is 24.3 Å². The van der Waals surface area contributed by atoms with Crippen molar-refractivity contribution < 1.29 is 17.2 Å². The van der Waals surface area contributed by atoms with E-state index in [2.05, 4.69) is 4.72 Å². The third kappa shape index (κ3) is 3.53. The highest BCUT2D eigenvalue weighted by atomic mass is 35.5. The molecule has 0 aliphatic heterocycles. The van der Waals surface area contributed by atoms with Crippen molar-refractivity contribution in [2.75, 3.05) is 0 Å². The molecule has 0 radical (unpaired) electrons. The molecule has 0 fully saturated rings. The van der Waals surface area contributed by atoms with Crippen LogP contribution in [0.5, 0.6) is 0 Å². The summed E-state index contributed by atoms with van der Waals surface area (Å²) in [5.41, 5.74) is 0.600. The fourth-order valence-electron chi connectivity index (χ4n) is 1.51. The van der Waals surface area contributed by atoms with Crippen LogP contribution in [-0.4, -0.2) is 8.42 Å². The Kier molecular flexibility index (Phi) is 4.37. The molecule has 0 saturated carbocycles. The van der Waals surface area contributed by atoms with Gasteiger partial charge in [-0.2, -0.15) is 0 Å². The standard InChI is InChI=1S/C13H10ClF2NO2S/c14-12-7-11(5-6-13(12)16)20(18,19)17-8-9-1-3-10(15)4-2-9/h1-7,17H,8H2. The molecule has 0 atom stereocenters. The minimum Gasteiger partial charge on any atom is -0.207 e. The first-order valence-electron chi connectivity index (χ1n) is 5.58. The maximum absolute atomic E-state index is 13.0. The SMILES string of the molecule is O=S(=O)(NCc1ccc(F)cc1)c1ccc(F)c(Cl)c1. The van der Waals surface area contributed by atoms with Crippen molar-refractivity contribution >= 4 is 21.6 Å². The molecule has 7 heteroatoms. The lowest BCUT2D eigenvalue weighted by Crippen LogP contribution is -2.23. The fraction of sp³-hybridized carbons (Fsp3) is 0.0769. The van der Waals surface area contributed by atoms with Crippen molar-refractivity contribution in [3.63, 3.8) is 0 Å². The van der Waals surface area contributed by atoms with E-state index in [0.717, 1.165) is 18.2 Å². The van der Waals surface area contributed by atoms with Gasteiger partial charge in [0.05, 0.1) is 9.92 Å². The number of halogens is 3. The van der Waals surface area contributed by atoms with Crippen LogP contribution in [0.2, 0.25) is 5.02 Å². The molecular formula is C13H10ClF2NO2S. The van der Waals surface area contributed by atoms with Gasteiger partial charge in [-0.1, -0.05) is 23.7 Å². The van der Waals surface area contributed by atoms with E-state index in [9.17, 15) is 17.2 Å². The summed E-state index contributed by atoms with van der Waals surface area (Å²) in [5.74, 6) is -1.09. The zero-order valence-electron chi connectivity index (χ0n) is 10.1. The highest BCUT2D eigenvalue weighted by molar-refractivity contribution is 7.89. The van der Waals surface area contributed by atoms with Crippen LogP contribution in [0.4, 0.5) is 8.78 Å². The lowest BCUT2D eigenvalue weighted by molar-refractivity contribution is 0.580.